The van der Waals surface area contributed by atoms with E-state index < -0.39 is 0 Å². The van der Waals surface area contributed by atoms with Crippen LogP contribution in [0.15, 0.2) is 60.8 Å². The minimum atomic E-state index is 0.950. The van der Waals surface area contributed by atoms with Gasteiger partial charge in [-0.15, -0.1) is 0 Å². The molecule has 0 atom stereocenters. The second-order valence-electron chi connectivity index (χ2n) is 6.54. The first-order valence-corrected chi connectivity index (χ1v) is 9.82. The molecule has 0 saturated carbocycles. The molecule has 0 amide bonds. The number of pyridine rings is 1. The summed E-state index contributed by atoms with van der Waals surface area (Å²) in [5.74, 6) is 0. The number of piperazine rings is 1. The van der Waals surface area contributed by atoms with Crippen LogP contribution in [-0.4, -0.2) is 36.1 Å². The molecule has 1 aliphatic heterocycles. The summed E-state index contributed by atoms with van der Waals surface area (Å²) >= 11 is 0. The molecular formula is C23H26N4. The number of nitrogens with one attached hydrogen (secondary N) is 2. The van der Waals surface area contributed by atoms with Gasteiger partial charge in [-0.1, -0.05) is 44.2 Å². The van der Waals surface area contributed by atoms with Crippen LogP contribution >= 0.6 is 0 Å². The number of hydrogen-bond acceptors (Lipinski definition) is 3. The molecule has 138 valence electrons. The Morgan fingerprint density at radius 1 is 0.926 bits per heavy atom. The summed E-state index contributed by atoms with van der Waals surface area (Å²) < 4.78 is 0. The number of aromatic nitrogens is 2. The number of fused-ring (bicyclic) bond motifs is 3. The molecule has 0 aliphatic carbocycles. The Labute approximate surface area is 160 Å². The Morgan fingerprint density at radius 2 is 1.74 bits per heavy atom. The van der Waals surface area contributed by atoms with Gasteiger partial charge in [-0.3, -0.25) is 0 Å². The summed E-state index contributed by atoms with van der Waals surface area (Å²) in [6.07, 6.45) is 1.89. The third-order valence-corrected chi connectivity index (χ3v) is 5.04. The normalized spacial score (nSPS) is 14.2. The molecule has 0 radical (unpaired) electrons. The highest BCUT2D eigenvalue weighted by molar-refractivity contribution is 6.12. The SMILES string of the molecule is CC.c1cc(-c2ccnc3[nH]c4ccccc4c23)cc(N2CCNCC2)c1. The first kappa shape index (κ1) is 17.6. The van der Waals surface area contributed by atoms with E-state index in [4.69, 9.17) is 0 Å². The van der Waals surface area contributed by atoms with Crippen LogP contribution in [-0.2, 0) is 0 Å². The zero-order valence-electron chi connectivity index (χ0n) is 16.0. The van der Waals surface area contributed by atoms with Crippen molar-refractivity contribution < 1.29 is 0 Å². The molecule has 27 heavy (non-hydrogen) atoms. The summed E-state index contributed by atoms with van der Waals surface area (Å²) in [4.78, 5) is 10.4. The van der Waals surface area contributed by atoms with Crippen molar-refractivity contribution >= 4 is 27.6 Å². The lowest BCUT2D eigenvalue weighted by Gasteiger charge is -2.29. The van der Waals surface area contributed by atoms with E-state index >= 15 is 0 Å². The maximum atomic E-state index is 4.54. The summed E-state index contributed by atoms with van der Waals surface area (Å²) in [6, 6.07) is 19.4. The van der Waals surface area contributed by atoms with Gasteiger partial charge in [-0.2, -0.15) is 0 Å². The Bertz CT molecular complexity index is 1040. The van der Waals surface area contributed by atoms with Crippen LogP contribution < -0.4 is 10.2 Å². The van der Waals surface area contributed by atoms with Crippen LogP contribution in [0.25, 0.3) is 33.1 Å². The second-order valence-corrected chi connectivity index (χ2v) is 6.54. The van der Waals surface area contributed by atoms with Crippen molar-refractivity contribution in [1.29, 1.82) is 0 Å². The van der Waals surface area contributed by atoms with E-state index in [2.05, 4.69) is 74.8 Å². The van der Waals surface area contributed by atoms with Gasteiger partial charge in [-0.25, -0.2) is 4.98 Å². The van der Waals surface area contributed by atoms with Crippen molar-refractivity contribution in [3.05, 3.63) is 60.8 Å². The molecule has 1 aliphatic rings. The lowest BCUT2D eigenvalue weighted by atomic mass is 10.0. The third-order valence-electron chi connectivity index (χ3n) is 5.04. The zero-order chi connectivity index (χ0) is 18.6. The number of H-pyrrole nitrogens is 1. The maximum Gasteiger partial charge on any atom is 0.138 e. The largest absolute Gasteiger partial charge is 0.369 e. The second kappa shape index (κ2) is 7.80. The number of anilines is 1. The van der Waals surface area contributed by atoms with Crippen LogP contribution in [0.5, 0.6) is 0 Å². The van der Waals surface area contributed by atoms with Crippen molar-refractivity contribution in [1.82, 2.24) is 15.3 Å². The van der Waals surface area contributed by atoms with Gasteiger partial charge in [0.05, 0.1) is 0 Å². The molecule has 0 unspecified atom stereocenters. The van der Waals surface area contributed by atoms with E-state index in [9.17, 15) is 0 Å². The maximum absolute atomic E-state index is 4.54. The highest BCUT2D eigenvalue weighted by Crippen LogP contribution is 2.34. The molecule has 4 heteroatoms. The number of benzene rings is 2. The number of aromatic amines is 1. The van der Waals surface area contributed by atoms with Crippen molar-refractivity contribution in [2.45, 2.75) is 13.8 Å². The average Bonchev–Trinajstić information content (AvgIpc) is 3.15. The molecule has 5 rings (SSSR count). The van der Waals surface area contributed by atoms with E-state index in [1.165, 1.54) is 27.6 Å². The lowest BCUT2D eigenvalue weighted by Crippen LogP contribution is -2.43. The number of hydrogen-bond donors (Lipinski definition) is 2. The summed E-state index contributed by atoms with van der Waals surface area (Å²) in [7, 11) is 0. The molecule has 1 saturated heterocycles. The van der Waals surface area contributed by atoms with Gasteiger partial charge in [0.2, 0.25) is 0 Å². The van der Waals surface area contributed by atoms with E-state index in [1.54, 1.807) is 0 Å². The van der Waals surface area contributed by atoms with Gasteiger partial charge in [0.15, 0.2) is 0 Å². The molecule has 2 aromatic carbocycles. The van der Waals surface area contributed by atoms with Crippen molar-refractivity contribution in [3.63, 3.8) is 0 Å². The topological polar surface area (TPSA) is 44.0 Å². The molecule has 3 heterocycles. The fraction of sp³-hybridized carbons (Fsp3) is 0.261. The standard InChI is InChI=1S/C21H20N4.C2H6/c1-2-7-19-18(6-1)20-17(8-9-23-21(20)24-19)15-4-3-5-16(14-15)25-12-10-22-11-13-25;1-2/h1-9,14,22H,10-13H2,(H,23,24);1-2H3. The van der Waals surface area contributed by atoms with Gasteiger partial charge < -0.3 is 15.2 Å². The van der Waals surface area contributed by atoms with E-state index in [-0.39, 0.29) is 0 Å². The predicted octanol–water partition coefficient (Wildman–Crippen LogP) is 4.82. The Hall–Kier alpha value is -2.85. The quantitative estimate of drug-likeness (QED) is 0.540. The predicted molar refractivity (Wildman–Crippen MR) is 115 cm³/mol. The Morgan fingerprint density at radius 3 is 2.59 bits per heavy atom. The number of rotatable bonds is 2. The highest BCUT2D eigenvalue weighted by atomic mass is 15.2. The van der Waals surface area contributed by atoms with Gasteiger partial charge in [0, 0.05) is 54.4 Å². The molecule has 4 aromatic rings. The van der Waals surface area contributed by atoms with Crippen LogP contribution in [0.4, 0.5) is 5.69 Å². The summed E-state index contributed by atoms with van der Waals surface area (Å²) in [6.45, 7) is 8.21. The monoisotopic (exact) mass is 358 g/mol. The number of para-hydroxylation sites is 1. The smallest absolute Gasteiger partial charge is 0.138 e. The molecule has 0 spiro atoms. The molecule has 2 aromatic heterocycles. The zero-order valence-corrected chi connectivity index (χ0v) is 16.0. The minimum Gasteiger partial charge on any atom is -0.369 e. The summed E-state index contributed by atoms with van der Waals surface area (Å²) in [5.41, 5.74) is 5.86. The first-order chi connectivity index (χ1) is 13.4. The van der Waals surface area contributed by atoms with Gasteiger partial charge in [0.1, 0.15) is 5.65 Å². The minimum absolute atomic E-state index is 0.950. The van der Waals surface area contributed by atoms with Gasteiger partial charge in [0.25, 0.3) is 0 Å². The first-order valence-electron chi connectivity index (χ1n) is 9.82. The number of nitrogens with zero attached hydrogens (tertiary/aromatic N) is 2. The van der Waals surface area contributed by atoms with Crippen molar-refractivity contribution in [2.75, 3.05) is 31.1 Å². The molecule has 0 bridgehead atoms. The van der Waals surface area contributed by atoms with Crippen molar-refractivity contribution in [3.8, 4) is 11.1 Å². The fourth-order valence-corrected chi connectivity index (χ4v) is 3.80. The van der Waals surface area contributed by atoms with Crippen LogP contribution in [0, 0.1) is 0 Å². The summed E-state index contributed by atoms with van der Waals surface area (Å²) in [5, 5.41) is 5.85. The fourth-order valence-electron chi connectivity index (χ4n) is 3.80. The van der Waals surface area contributed by atoms with E-state index in [0.717, 1.165) is 37.3 Å². The van der Waals surface area contributed by atoms with Crippen LogP contribution in [0.3, 0.4) is 0 Å². The molecular weight excluding hydrogens is 332 g/mol. The molecule has 1 fully saturated rings. The average molecular weight is 358 g/mol. The highest BCUT2D eigenvalue weighted by Gasteiger charge is 2.14. The van der Waals surface area contributed by atoms with E-state index in [0.29, 0.717) is 0 Å². The lowest BCUT2D eigenvalue weighted by molar-refractivity contribution is 0.589. The van der Waals surface area contributed by atoms with Crippen molar-refractivity contribution in [2.24, 2.45) is 0 Å². The third kappa shape index (κ3) is 3.28. The van der Waals surface area contributed by atoms with Gasteiger partial charge >= 0.3 is 0 Å². The molecule has 4 nitrogen and oxygen atoms in total. The van der Waals surface area contributed by atoms with Gasteiger partial charge in [-0.05, 0) is 35.4 Å². The Balaban J connectivity index is 0.000000872. The van der Waals surface area contributed by atoms with Crippen LogP contribution in [0.1, 0.15) is 13.8 Å². The van der Waals surface area contributed by atoms with Crippen LogP contribution in [0.2, 0.25) is 0 Å². The Kier molecular flexibility index (Phi) is 5.07. The van der Waals surface area contributed by atoms with E-state index in [1.807, 2.05) is 20.0 Å². The molecule has 2 N–H and O–H groups in total.